The number of furan rings is 1. The van der Waals surface area contributed by atoms with Gasteiger partial charge in [0, 0.05) is 17.5 Å². The molecule has 9 nitrogen and oxygen atoms in total. The lowest BCUT2D eigenvalue weighted by molar-refractivity contribution is -0.384. The van der Waals surface area contributed by atoms with Gasteiger partial charge in [-0.2, -0.15) is 0 Å². The number of benzene rings is 2. The first kappa shape index (κ1) is 16.9. The molecule has 2 heterocycles. The van der Waals surface area contributed by atoms with Gasteiger partial charge in [0.05, 0.1) is 26.9 Å². The Balaban J connectivity index is 0.00000104. The highest BCUT2D eigenvalue weighted by Crippen LogP contribution is 2.36. The summed E-state index contributed by atoms with van der Waals surface area (Å²) >= 11 is 0. The SMILES string of the molecule is O.O.O=C(O)c1cccc2c1[nH]c1c3cc([N+](=O)[O-])ccc3oc21. The van der Waals surface area contributed by atoms with E-state index in [1.165, 1.54) is 24.3 Å². The molecule has 0 saturated heterocycles. The summed E-state index contributed by atoms with van der Waals surface area (Å²) in [5.41, 5.74) is 2.08. The summed E-state index contributed by atoms with van der Waals surface area (Å²) in [6.07, 6.45) is 0. The average Bonchev–Trinajstić information content (AvgIpc) is 3.02. The first-order valence-corrected chi connectivity index (χ1v) is 6.41. The third-order valence-electron chi connectivity index (χ3n) is 3.67. The van der Waals surface area contributed by atoms with Crippen LogP contribution in [0.2, 0.25) is 0 Å². The van der Waals surface area contributed by atoms with Crippen molar-refractivity contribution in [2.75, 3.05) is 0 Å². The number of H-pyrrole nitrogens is 1. The number of para-hydroxylation sites is 1. The zero-order valence-corrected chi connectivity index (χ0v) is 12.0. The molecule has 0 fully saturated rings. The number of rotatable bonds is 2. The van der Waals surface area contributed by atoms with Crippen LogP contribution in [0.25, 0.3) is 33.0 Å². The summed E-state index contributed by atoms with van der Waals surface area (Å²) in [4.78, 5) is 24.7. The molecule has 0 atom stereocenters. The van der Waals surface area contributed by atoms with Gasteiger partial charge in [-0.3, -0.25) is 10.1 Å². The Kier molecular flexibility index (Phi) is 3.98. The maximum absolute atomic E-state index is 11.3. The molecule has 6 N–H and O–H groups in total. The van der Waals surface area contributed by atoms with E-state index >= 15 is 0 Å². The second-order valence-electron chi connectivity index (χ2n) is 4.90. The van der Waals surface area contributed by atoms with Gasteiger partial charge in [0.1, 0.15) is 5.58 Å². The lowest BCUT2D eigenvalue weighted by atomic mass is 10.1. The molecule has 0 unspecified atom stereocenters. The van der Waals surface area contributed by atoms with E-state index in [0.717, 1.165) is 0 Å². The Labute approximate surface area is 132 Å². The van der Waals surface area contributed by atoms with E-state index < -0.39 is 10.9 Å². The smallest absolute Gasteiger partial charge is 0.337 e. The third kappa shape index (κ3) is 2.16. The number of aromatic amines is 1. The van der Waals surface area contributed by atoms with Crippen molar-refractivity contribution in [1.29, 1.82) is 0 Å². The van der Waals surface area contributed by atoms with Crippen molar-refractivity contribution in [2.24, 2.45) is 0 Å². The molecule has 0 aliphatic heterocycles. The van der Waals surface area contributed by atoms with E-state index in [1.54, 1.807) is 12.1 Å². The van der Waals surface area contributed by atoms with Crippen molar-refractivity contribution < 1.29 is 30.2 Å². The number of carboxylic acids is 1. The summed E-state index contributed by atoms with van der Waals surface area (Å²) in [6.45, 7) is 0. The first-order valence-electron chi connectivity index (χ1n) is 6.41. The Hall–Kier alpha value is -3.43. The highest BCUT2D eigenvalue weighted by molar-refractivity contribution is 6.18. The van der Waals surface area contributed by atoms with E-state index in [1.807, 2.05) is 0 Å². The number of nitro benzene ring substituents is 1. The molecule has 4 aromatic rings. The first-order chi connectivity index (χ1) is 10.6. The third-order valence-corrected chi connectivity index (χ3v) is 3.67. The van der Waals surface area contributed by atoms with Gasteiger partial charge in [-0.25, -0.2) is 4.79 Å². The number of non-ortho nitro benzene ring substituents is 1. The minimum Gasteiger partial charge on any atom is -0.478 e. The molecule has 9 heteroatoms. The van der Waals surface area contributed by atoms with Crippen LogP contribution in [0.15, 0.2) is 40.8 Å². The van der Waals surface area contributed by atoms with Crippen molar-refractivity contribution in [3.8, 4) is 0 Å². The van der Waals surface area contributed by atoms with Crippen molar-refractivity contribution in [2.45, 2.75) is 0 Å². The molecule has 0 radical (unpaired) electrons. The molecule has 2 aromatic heterocycles. The second-order valence-corrected chi connectivity index (χ2v) is 4.90. The van der Waals surface area contributed by atoms with Crippen LogP contribution in [0, 0.1) is 10.1 Å². The number of nitro groups is 1. The Morgan fingerprint density at radius 3 is 2.54 bits per heavy atom. The van der Waals surface area contributed by atoms with Crippen molar-refractivity contribution >= 4 is 44.6 Å². The van der Waals surface area contributed by atoms with Crippen LogP contribution in [-0.2, 0) is 0 Å². The highest BCUT2D eigenvalue weighted by Gasteiger charge is 2.19. The number of nitrogens with one attached hydrogen (secondary N) is 1. The largest absolute Gasteiger partial charge is 0.478 e. The van der Waals surface area contributed by atoms with E-state index in [9.17, 15) is 20.0 Å². The predicted molar refractivity (Wildman–Crippen MR) is 86.4 cm³/mol. The highest BCUT2D eigenvalue weighted by atomic mass is 16.6. The Bertz CT molecular complexity index is 1090. The number of carboxylic acid groups (broad SMARTS) is 1. The molecule has 4 rings (SSSR count). The van der Waals surface area contributed by atoms with Crippen LogP contribution < -0.4 is 0 Å². The maximum atomic E-state index is 11.3. The van der Waals surface area contributed by atoms with Crippen LogP contribution in [-0.4, -0.2) is 31.9 Å². The van der Waals surface area contributed by atoms with Crippen molar-refractivity contribution in [3.05, 3.63) is 52.1 Å². The summed E-state index contributed by atoms with van der Waals surface area (Å²) in [5, 5.41) is 21.3. The van der Waals surface area contributed by atoms with Crippen LogP contribution >= 0.6 is 0 Å². The maximum Gasteiger partial charge on any atom is 0.337 e. The van der Waals surface area contributed by atoms with Crippen molar-refractivity contribution in [3.63, 3.8) is 0 Å². The zero-order chi connectivity index (χ0) is 15.4. The molecule has 124 valence electrons. The van der Waals surface area contributed by atoms with E-state index in [0.29, 0.717) is 33.0 Å². The minimum atomic E-state index is -1.05. The number of carbonyl (C=O) groups is 1. The zero-order valence-electron chi connectivity index (χ0n) is 12.0. The normalized spacial score (nSPS) is 10.5. The molecular formula is C15H12N2O7. The predicted octanol–water partition coefficient (Wildman–Crippen LogP) is 2.02. The van der Waals surface area contributed by atoms with Crippen LogP contribution in [0.3, 0.4) is 0 Å². The molecule has 0 amide bonds. The summed E-state index contributed by atoms with van der Waals surface area (Å²) in [6, 6.07) is 9.19. The molecule has 0 spiro atoms. The fourth-order valence-electron chi connectivity index (χ4n) is 2.69. The van der Waals surface area contributed by atoms with E-state index in [2.05, 4.69) is 4.98 Å². The molecule has 0 bridgehead atoms. The lowest BCUT2D eigenvalue weighted by Crippen LogP contribution is -1.96. The van der Waals surface area contributed by atoms with Crippen LogP contribution in [0.5, 0.6) is 0 Å². The van der Waals surface area contributed by atoms with Gasteiger partial charge >= 0.3 is 5.97 Å². The topological polar surface area (TPSA) is 172 Å². The van der Waals surface area contributed by atoms with E-state index in [-0.39, 0.29) is 22.2 Å². The fourth-order valence-corrected chi connectivity index (χ4v) is 2.69. The van der Waals surface area contributed by atoms with Crippen LogP contribution in [0.1, 0.15) is 10.4 Å². The van der Waals surface area contributed by atoms with Gasteiger partial charge in [-0.1, -0.05) is 6.07 Å². The Morgan fingerprint density at radius 1 is 1.12 bits per heavy atom. The molecular weight excluding hydrogens is 320 g/mol. The number of hydrogen-bond acceptors (Lipinski definition) is 4. The number of hydrogen-bond donors (Lipinski definition) is 2. The molecule has 0 aliphatic carbocycles. The molecule has 24 heavy (non-hydrogen) atoms. The molecule has 2 aromatic carbocycles. The summed E-state index contributed by atoms with van der Waals surface area (Å²) < 4.78 is 5.73. The number of nitrogens with zero attached hydrogens (tertiary/aromatic N) is 1. The molecule has 0 saturated carbocycles. The van der Waals surface area contributed by atoms with Crippen LogP contribution in [0.4, 0.5) is 5.69 Å². The molecule has 0 aliphatic rings. The van der Waals surface area contributed by atoms with E-state index in [4.69, 9.17) is 4.42 Å². The number of aromatic carboxylic acids is 1. The van der Waals surface area contributed by atoms with Gasteiger partial charge in [-0.15, -0.1) is 0 Å². The monoisotopic (exact) mass is 332 g/mol. The van der Waals surface area contributed by atoms with Gasteiger partial charge < -0.3 is 25.5 Å². The fraction of sp³-hybridized carbons (Fsp3) is 0. The van der Waals surface area contributed by atoms with Gasteiger partial charge in [0.25, 0.3) is 5.69 Å². The van der Waals surface area contributed by atoms with Gasteiger partial charge in [0.2, 0.25) is 0 Å². The average molecular weight is 332 g/mol. The number of fused-ring (bicyclic) bond motifs is 5. The van der Waals surface area contributed by atoms with Crippen molar-refractivity contribution in [1.82, 2.24) is 4.98 Å². The minimum absolute atomic E-state index is 0. The quantitative estimate of drug-likeness (QED) is 0.421. The summed E-state index contributed by atoms with van der Waals surface area (Å²) in [7, 11) is 0. The second kappa shape index (κ2) is 5.65. The van der Waals surface area contributed by atoms with Gasteiger partial charge in [-0.05, 0) is 18.2 Å². The van der Waals surface area contributed by atoms with Gasteiger partial charge in [0.15, 0.2) is 5.58 Å². The lowest BCUT2D eigenvalue weighted by Gasteiger charge is -1.96. The Morgan fingerprint density at radius 2 is 1.88 bits per heavy atom. The summed E-state index contributed by atoms with van der Waals surface area (Å²) in [5.74, 6) is -1.05. The number of aromatic nitrogens is 1. The standard InChI is InChI=1S/C15H8N2O5.2H2O/c18-15(19)9-3-1-2-8-12(9)16-13-10-6-7(17(20)21)4-5-11(10)22-14(8)13;;/h1-6,16H,(H,18,19);2*1H2.